The molecule has 0 fully saturated rings. The van der Waals surface area contributed by atoms with Gasteiger partial charge in [-0.2, -0.15) is 0 Å². The molecular weight excluding hydrogens is 148 g/mol. The van der Waals surface area contributed by atoms with E-state index in [1.807, 2.05) is 0 Å². The van der Waals surface area contributed by atoms with E-state index in [1.165, 1.54) is 11.7 Å². The summed E-state index contributed by atoms with van der Waals surface area (Å²) in [5, 5.41) is 17.5. The van der Waals surface area contributed by atoms with Crippen molar-refractivity contribution in [1.82, 2.24) is 15.0 Å². The number of hydrogen-bond donors (Lipinski definition) is 0. The average Bonchev–Trinajstić information content (AvgIpc) is 2.30. The maximum Gasteiger partial charge on any atom is 0.368 e. The molecule has 11 heavy (non-hydrogen) atoms. The molecule has 6 heteroatoms. The van der Waals surface area contributed by atoms with Crippen LogP contribution in [0.25, 0.3) is 0 Å². The molecule has 1 rings (SSSR count). The maximum atomic E-state index is 10.4. The van der Waals surface area contributed by atoms with Crippen molar-refractivity contribution < 1.29 is 4.92 Å². The summed E-state index contributed by atoms with van der Waals surface area (Å²) in [5.41, 5.74) is 0.428. The molecule has 6 nitrogen and oxygen atoms in total. The van der Waals surface area contributed by atoms with Gasteiger partial charge in [0.2, 0.25) is 0 Å². The van der Waals surface area contributed by atoms with Crippen LogP contribution in [0.1, 0.15) is 12.6 Å². The van der Waals surface area contributed by atoms with Crippen LogP contribution in [0.2, 0.25) is 0 Å². The molecule has 0 radical (unpaired) electrons. The van der Waals surface area contributed by atoms with E-state index in [0.29, 0.717) is 12.1 Å². The SMILES string of the molecule is CCc1nnn(C)c1[N+](=O)[O-]. The Labute approximate surface area is 63.0 Å². The third-order valence-corrected chi connectivity index (χ3v) is 1.37. The van der Waals surface area contributed by atoms with Crippen molar-refractivity contribution >= 4 is 5.82 Å². The van der Waals surface area contributed by atoms with Crippen molar-refractivity contribution in [2.45, 2.75) is 13.3 Å². The topological polar surface area (TPSA) is 73.8 Å². The average molecular weight is 156 g/mol. The molecule has 0 aliphatic carbocycles. The maximum absolute atomic E-state index is 10.4. The zero-order valence-electron chi connectivity index (χ0n) is 6.31. The van der Waals surface area contributed by atoms with Crippen molar-refractivity contribution in [3.8, 4) is 0 Å². The van der Waals surface area contributed by atoms with Gasteiger partial charge in [-0.25, -0.2) is 0 Å². The van der Waals surface area contributed by atoms with Gasteiger partial charge in [0.15, 0.2) is 5.69 Å². The van der Waals surface area contributed by atoms with E-state index in [0.717, 1.165) is 0 Å². The molecule has 0 bridgehead atoms. The zero-order chi connectivity index (χ0) is 8.43. The van der Waals surface area contributed by atoms with Crippen LogP contribution in [0, 0.1) is 10.1 Å². The van der Waals surface area contributed by atoms with E-state index in [4.69, 9.17) is 0 Å². The number of hydrogen-bond acceptors (Lipinski definition) is 4. The lowest BCUT2D eigenvalue weighted by atomic mass is 10.3. The Morgan fingerprint density at radius 1 is 1.73 bits per heavy atom. The summed E-state index contributed by atoms with van der Waals surface area (Å²) >= 11 is 0. The molecule has 0 aliphatic heterocycles. The van der Waals surface area contributed by atoms with Crippen LogP contribution < -0.4 is 0 Å². The van der Waals surface area contributed by atoms with E-state index in [9.17, 15) is 10.1 Å². The van der Waals surface area contributed by atoms with Crippen molar-refractivity contribution in [3.05, 3.63) is 15.8 Å². The molecule has 0 saturated heterocycles. The van der Waals surface area contributed by atoms with E-state index in [1.54, 1.807) is 6.92 Å². The smallest absolute Gasteiger partial charge is 0.358 e. The molecule has 0 saturated carbocycles. The number of rotatable bonds is 2. The lowest BCUT2D eigenvalue weighted by molar-refractivity contribution is -0.393. The molecule has 60 valence electrons. The van der Waals surface area contributed by atoms with Crippen molar-refractivity contribution in [2.24, 2.45) is 7.05 Å². The van der Waals surface area contributed by atoms with Crippen LogP contribution in [-0.4, -0.2) is 19.9 Å². The van der Waals surface area contributed by atoms with Crippen LogP contribution >= 0.6 is 0 Å². The second kappa shape index (κ2) is 2.65. The van der Waals surface area contributed by atoms with E-state index >= 15 is 0 Å². The predicted molar refractivity (Wildman–Crippen MR) is 37.0 cm³/mol. The number of nitro groups is 1. The molecule has 0 amide bonds. The van der Waals surface area contributed by atoms with Crippen molar-refractivity contribution in [1.29, 1.82) is 0 Å². The van der Waals surface area contributed by atoms with E-state index in [2.05, 4.69) is 10.3 Å². The molecule has 1 aromatic heterocycles. The molecule has 0 spiro atoms. The van der Waals surface area contributed by atoms with Crippen molar-refractivity contribution in [3.63, 3.8) is 0 Å². The van der Waals surface area contributed by atoms with Gasteiger partial charge in [-0.3, -0.25) is 0 Å². The van der Waals surface area contributed by atoms with E-state index < -0.39 is 4.92 Å². The quantitative estimate of drug-likeness (QED) is 0.455. The Morgan fingerprint density at radius 2 is 2.36 bits per heavy atom. The Morgan fingerprint density at radius 3 is 2.73 bits per heavy atom. The fourth-order valence-corrected chi connectivity index (χ4v) is 0.847. The Bertz CT molecular complexity index is 280. The minimum absolute atomic E-state index is 0.0208. The number of aryl methyl sites for hydroxylation is 2. The molecule has 0 aliphatic rings. The van der Waals surface area contributed by atoms with Gasteiger partial charge in [0.1, 0.15) is 7.05 Å². The van der Waals surface area contributed by atoms with Crippen LogP contribution in [-0.2, 0) is 13.5 Å². The standard InChI is InChI=1S/C5H8N4O2/c1-3-4-5(9(10)11)8(2)7-6-4/h3H2,1-2H3. The fourth-order valence-electron chi connectivity index (χ4n) is 0.847. The lowest BCUT2D eigenvalue weighted by Crippen LogP contribution is -1.99. The first-order valence-electron chi connectivity index (χ1n) is 3.19. The number of aromatic nitrogens is 3. The fraction of sp³-hybridized carbons (Fsp3) is 0.600. The Kier molecular flexibility index (Phi) is 1.84. The Balaban J connectivity index is 3.17. The van der Waals surface area contributed by atoms with Gasteiger partial charge < -0.3 is 10.1 Å². The highest BCUT2D eigenvalue weighted by Crippen LogP contribution is 2.13. The normalized spacial score (nSPS) is 10.0. The summed E-state index contributed by atoms with van der Waals surface area (Å²) in [6.45, 7) is 1.80. The molecule has 1 heterocycles. The minimum Gasteiger partial charge on any atom is -0.358 e. The van der Waals surface area contributed by atoms with Gasteiger partial charge >= 0.3 is 5.82 Å². The molecule has 0 atom stereocenters. The van der Waals surface area contributed by atoms with Gasteiger partial charge in [0.05, 0.1) is 0 Å². The van der Waals surface area contributed by atoms with Gasteiger partial charge in [-0.05, 0) is 11.3 Å². The van der Waals surface area contributed by atoms with Crippen LogP contribution in [0.4, 0.5) is 5.82 Å². The van der Waals surface area contributed by atoms with E-state index in [-0.39, 0.29) is 5.82 Å². The molecular formula is C5H8N4O2. The minimum atomic E-state index is -0.473. The summed E-state index contributed by atoms with van der Waals surface area (Å²) < 4.78 is 1.17. The zero-order valence-corrected chi connectivity index (χ0v) is 6.31. The van der Waals surface area contributed by atoms with Crippen LogP contribution in [0.15, 0.2) is 0 Å². The van der Waals surface area contributed by atoms with Crippen LogP contribution in [0.5, 0.6) is 0 Å². The summed E-state index contributed by atoms with van der Waals surface area (Å²) in [6.07, 6.45) is 0.532. The molecule has 0 unspecified atom stereocenters. The Hall–Kier alpha value is -1.46. The van der Waals surface area contributed by atoms with Gasteiger partial charge in [-0.1, -0.05) is 6.92 Å². The molecule has 0 N–H and O–H groups in total. The summed E-state index contributed by atoms with van der Waals surface area (Å²) in [6, 6.07) is 0. The molecule has 0 aromatic carbocycles. The monoisotopic (exact) mass is 156 g/mol. The second-order valence-corrected chi connectivity index (χ2v) is 2.09. The van der Waals surface area contributed by atoms with Gasteiger partial charge in [0, 0.05) is 5.21 Å². The highest BCUT2D eigenvalue weighted by Gasteiger charge is 2.18. The predicted octanol–water partition coefficient (Wildman–Crippen LogP) is 0.286. The van der Waals surface area contributed by atoms with Crippen LogP contribution in [0.3, 0.4) is 0 Å². The van der Waals surface area contributed by atoms with Crippen molar-refractivity contribution in [2.75, 3.05) is 0 Å². The first-order valence-corrected chi connectivity index (χ1v) is 3.19. The summed E-state index contributed by atoms with van der Waals surface area (Å²) in [5.74, 6) is -0.0208. The lowest BCUT2D eigenvalue weighted by Gasteiger charge is -1.92. The summed E-state index contributed by atoms with van der Waals surface area (Å²) in [4.78, 5) is 9.89. The van der Waals surface area contributed by atoms with Gasteiger partial charge in [0.25, 0.3) is 0 Å². The summed E-state index contributed by atoms with van der Waals surface area (Å²) in [7, 11) is 1.50. The highest BCUT2D eigenvalue weighted by atomic mass is 16.6. The third kappa shape index (κ3) is 1.19. The highest BCUT2D eigenvalue weighted by molar-refractivity contribution is 5.24. The second-order valence-electron chi connectivity index (χ2n) is 2.09. The number of nitrogens with zero attached hydrogens (tertiary/aromatic N) is 4. The first kappa shape index (κ1) is 7.64. The molecule has 1 aromatic rings. The third-order valence-electron chi connectivity index (χ3n) is 1.37. The van der Waals surface area contributed by atoms with Gasteiger partial charge in [-0.15, -0.1) is 9.78 Å². The largest absolute Gasteiger partial charge is 0.368 e. The first-order chi connectivity index (χ1) is 5.16.